The Morgan fingerprint density at radius 1 is 1.12 bits per heavy atom. The second-order valence-corrected chi connectivity index (χ2v) is 6.16. The van der Waals surface area contributed by atoms with E-state index in [-0.39, 0.29) is 11.9 Å². The summed E-state index contributed by atoms with van der Waals surface area (Å²) in [6, 6.07) is 14.9. The highest BCUT2D eigenvalue weighted by molar-refractivity contribution is 6.07. The van der Waals surface area contributed by atoms with Crippen LogP contribution in [0.4, 0.5) is 0 Å². The number of benzene rings is 2. The lowest BCUT2D eigenvalue weighted by Crippen LogP contribution is -2.26. The Hall–Kier alpha value is -3.34. The minimum atomic E-state index is -0.152. The third-order valence-corrected chi connectivity index (χ3v) is 4.48. The van der Waals surface area contributed by atoms with Crippen molar-refractivity contribution in [3.63, 3.8) is 0 Å². The van der Waals surface area contributed by atoms with E-state index in [1.54, 1.807) is 25.6 Å². The normalized spacial score (nSPS) is 12.2. The highest BCUT2D eigenvalue weighted by atomic mass is 16.5. The maximum atomic E-state index is 12.6. The van der Waals surface area contributed by atoms with Crippen LogP contribution in [-0.2, 0) is 0 Å². The summed E-state index contributed by atoms with van der Waals surface area (Å²) in [4.78, 5) is 16.7. The van der Waals surface area contributed by atoms with Crippen LogP contribution in [-0.4, -0.2) is 18.0 Å². The lowest BCUT2D eigenvalue weighted by molar-refractivity contribution is 0.0940. The smallest absolute Gasteiger partial charge is 0.251 e. The van der Waals surface area contributed by atoms with E-state index in [0.717, 1.165) is 22.1 Å². The maximum Gasteiger partial charge on any atom is 0.251 e. The van der Waals surface area contributed by atoms with Gasteiger partial charge in [-0.15, -0.1) is 0 Å². The molecule has 1 atom stereocenters. The van der Waals surface area contributed by atoms with E-state index in [1.807, 2.05) is 49.4 Å². The van der Waals surface area contributed by atoms with Crippen molar-refractivity contribution in [1.29, 1.82) is 0 Å². The molecule has 0 saturated heterocycles. The first kappa shape index (κ1) is 16.1. The molecule has 1 N–H and O–H groups in total. The second-order valence-electron chi connectivity index (χ2n) is 6.16. The number of nitrogens with one attached hydrogen (secondary N) is 1. The molecule has 2 heterocycles. The van der Waals surface area contributed by atoms with Gasteiger partial charge in [0.05, 0.1) is 19.3 Å². The average Bonchev–Trinajstić information content (AvgIpc) is 3.05. The lowest BCUT2D eigenvalue weighted by Gasteiger charge is -2.15. The van der Waals surface area contributed by atoms with Crippen molar-refractivity contribution in [2.24, 2.45) is 0 Å². The van der Waals surface area contributed by atoms with Gasteiger partial charge >= 0.3 is 0 Å². The fourth-order valence-electron chi connectivity index (χ4n) is 3.05. The number of amides is 1. The zero-order valence-corrected chi connectivity index (χ0v) is 14.5. The van der Waals surface area contributed by atoms with Gasteiger partial charge in [-0.3, -0.25) is 9.78 Å². The Morgan fingerprint density at radius 2 is 1.96 bits per heavy atom. The number of pyridine rings is 1. The Morgan fingerprint density at radius 3 is 2.81 bits per heavy atom. The highest BCUT2D eigenvalue weighted by Crippen LogP contribution is 2.28. The molecule has 4 aromatic rings. The monoisotopic (exact) mass is 346 g/mol. The molecular formula is C21H18N2O3. The molecule has 2 aromatic carbocycles. The molecule has 0 aliphatic heterocycles. The van der Waals surface area contributed by atoms with Crippen molar-refractivity contribution in [2.75, 3.05) is 7.11 Å². The largest absolute Gasteiger partial charge is 0.497 e. The Bertz CT molecular complexity index is 1100. The number of carbonyl (C=O) groups is 1. The first-order chi connectivity index (χ1) is 12.7. The number of fused-ring (bicyclic) bond motifs is 3. The summed E-state index contributed by atoms with van der Waals surface area (Å²) in [5, 5.41) is 4.98. The summed E-state index contributed by atoms with van der Waals surface area (Å²) in [7, 11) is 1.63. The molecule has 0 saturated carbocycles. The standard InChI is InChI=1S/C21H18N2O3/c1-13(14-4-3-5-16(10-14)25-2)23-21(24)15-6-7-17-18-8-9-22-12-20(18)26-19(17)11-15/h3-13H,1-2H3,(H,23,24)/t13-/m1/s1. The van der Waals surface area contributed by atoms with E-state index in [0.29, 0.717) is 16.7 Å². The van der Waals surface area contributed by atoms with Gasteiger partial charge in [-0.25, -0.2) is 0 Å². The molecule has 0 aliphatic carbocycles. The number of aromatic nitrogens is 1. The van der Waals surface area contributed by atoms with Gasteiger partial charge in [0.25, 0.3) is 5.91 Å². The van der Waals surface area contributed by atoms with Crippen LogP contribution in [0.1, 0.15) is 28.9 Å². The predicted octanol–water partition coefficient (Wildman–Crippen LogP) is 4.48. The average molecular weight is 346 g/mol. The summed E-state index contributed by atoms with van der Waals surface area (Å²) >= 11 is 0. The first-order valence-corrected chi connectivity index (χ1v) is 8.37. The van der Waals surface area contributed by atoms with Crippen LogP contribution in [0.15, 0.2) is 65.3 Å². The van der Waals surface area contributed by atoms with Gasteiger partial charge < -0.3 is 14.5 Å². The molecule has 130 valence electrons. The van der Waals surface area contributed by atoms with E-state index < -0.39 is 0 Å². The van der Waals surface area contributed by atoms with Crippen LogP contribution in [0.25, 0.3) is 21.9 Å². The quantitative estimate of drug-likeness (QED) is 0.592. The molecule has 0 radical (unpaired) electrons. The van der Waals surface area contributed by atoms with Gasteiger partial charge in [0.1, 0.15) is 11.3 Å². The van der Waals surface area contributed by atoms with Gasteiger partial charge in [-0.1, -0.05) is 12.1 Å². The molecule has 1 amide bonds. The van der Waals surface area contributed by atoms with Crippen LogP contribution in [0, 0.1) is 0 Å². The van der Waals surface area contributed by atoms with E-state index in [9.17, 15) is 4.79 Å². The summed E-state index contributed by atoms with van der Waals surface area (Å²) in [6.45, 7) is 1.94. The fraction of sp³-hybridized carbons (Fsp3) is 0.143. The minimum Gasteiger partial charge on any atom is -0.497 e. The van der Waals surface area contributed by atoms with Crippen LogP contribution < -0.4 is 10.1 Å². The molecule has 26 heavy (non-hydrogen) atoms. The van der Waals surface area contributed by atoms with Crippen molar-refractivity contribution < 1.29 is 13.9 Å². The number of rotatable bonds is 4. The van der Waals surface area contributed by atoms with Crippen LogP contribution in [0.3, 0.4) is 0 Å². The van der Waals surface area contributed by atoms with Crippen molar-refractivity contribution >= 4 is 27.8 Å². The third-order valence-electron chi connectivity index (χ3n) is 4.48. The molecule has 0 unspecified atom stereocenters. The summed E-state index contributed by atoms with van der Waals surface area (Å²) < 4.78 is 11.0. The van der Waals surface area contributed by atoms with Crippen molar-refractivity contribution in [3.8, 4) is 5.75 Å². The predicted molar refractivity (Wildman–Crippen MR) is 100 cm³/mol. The molecule has 0 fully saturated rings. The van der Waals surface area contributed by atoms with Gasteiger partial charge in [0, 0.05) is 22.5 Å². The topological polar surface area (TPSA) is 64.4 Å². The van der Waals surface area contributed by atoms with Gasteiger partial charge in [-0.2, -0.15) is 0 Å². The van der Waals surface area contributed by atoms with Gasteiger partial charge in [-0.05, 0) is 48.9 Å². The van der Waals surface area contributed by atoms with Crippen LogP contribution >= 0.6 is 0 Å². The minimum absolute atomic E-state index is 0.145. The molecule has 5 heteroatoms. The summed E-state index contributed by atoms with van der Waals surface area (Å²) in [5.74, 6) is 0.613. The first-order valence-electron chi connectivity index (χ1n) is 8.37. The zero-order valence-electron chi connectivity index (χ0n) is 14.5. The molecule has 4 rings (SSSR count). The van der Waals surface area contributed by atoms with E-state index in [2.05, 4.69) is 10.3 Å². The number of ether oxygens (including phenoxy) is 1. The zero-order chi connectivity index (χ0) is 18.1. The summed E-state index contributed by atoms with van der Waals surface area (Å²) in [6.07, 6.45) is 3.41. The number of hydrogen-bond donors (Lipinski definition) is 1. The molecule has 2 aromatic heterocycles. The van der Waals surface area contributed by atoms with Gasteiger partial charge in [0.15, 0.2) is 5.58 Å². The molecule has 0 aliphatic rings. The molecule has 5 nitrogen and oxygen atoms in total. The summed E-state index contributed by atoms with van der Waals surface area (Å²) in [5.41, 5.74) is 2.92. The van der Waals surface area contributed by atoms with E-state index in [1.165, 1.54) is 0 Å². The van der Waals surface area contributed by atoms with Crippen LogP contribution in [0.2, 0.25) is 0 Å². The maximum absolute atomic E-state index is 12.6. The van der Waals surface area contributed by atoms with Crippen molar-refractivity contribution in [1.82, 2.24) is 10.3 Å². The Kier molecular flexibility index (Phi) is 4.05. The molecular weight excluding hydrogens is 328 g/mol. The number of hydrogen-bond acceptors (Lipinski definition) is 4. The van der Waals surface area contributed by atoms with E-state index >= 15 is 0 Å². The lowest BCUT2D eigenvalue weighted by atomic mass is 10.1. The van der Waals surface area contributed by atoms with Crippen LogP contribution in [0.5, 0.6) is 5.75 Å². The molecule has 0 spiro atoms. The Balaban J connectivity index is 1.60. The third kappa shape index (κ3) is 2.88. The van der Waals surface area contributed by atoms with Crippen molar-refractivity contribution in [2.45, 2.75) is 13.0 Å². The fourth-order valence-corrected chi connectivity index (χ4v) is 3.05. The number of furan rings is 1. The highest BCUT2D eigenvalue weighted by Gasteiger charge is 2.14. The van der Waals surface area contributed by atoms with Crippen molar-refractivity contribution in [3.05, 3.63) is 72.1 Å². The van der Waals surface area contributed by atoms with E-state index in [4.69, 9.17) is 9.15 Å². The SMILES string of the molecule is COc1cccc([C@@H](C)NC(=O)c2ccc3c(c2)oc2cnccc23)c1. The number of methoxy groups -OCH3 is 1. The Labute approximate surface area is 150 Å². The number of nitrogens with zero attached hydrogens (tertiary/aromatic N) is 1. The van der Waals surface area contributed by atoms with Gasteiger partial charge in [0.2, 0.25) is 0 Å². The second kappa shape index (κ2) is 6.52. The molecule has 0 bridgehead atoms. The number of carbonyl (C=O) groups excluding carboxylic acids is 1.